The van der Waals surface area contributed by atoms with Gasteiger partial charge in [0.05, 0.1) is 17.7 Å². The van der Waals surface area contributed by atoms with Crippen LogP contribution >= 0.6 is 23.4 Å². The standard InChI is InChI=1S/C16H17ClO2S/c1-12(18)13-7-8-16(15(17)11-13)19-9-10-20-14-5-3-2-4-6-14/h2-8,11-12,18H,9-10H2,1H3/t12-/m1/s1. The number of benzene rings is 2. The van der Waals surface area contributed by atoms with Crippen LogP contribution in [0.15, 0.2) is 53.4 Å². The van der Waals surface area contributed by atoms with Crippen molar-refractivity contribution in [2.45, 2.75) is 17.9 Å². The zero-order chi connectivity index (χ0) is 14.4. The first-order valence-electron chi connectivity index (χ1n) is 6.45. The highest BCUT2D eigenvalue weighted by Crippen LogP contribution is 2.28. The first kappa shape index (κ1) is 15.2. The van der Waals surface area contributed by atoms with E-state index in [9.17, 15) is 5.11 Å². The molecule has 4 heteroatoms. The molecule has 0 aliphatic carbocycles. The van der Waals surface area contributed by atoms with E-state index < -0.39 is 6.10 Å². The first-order chi connectivity index (χ1) is 9.66. The van der Waals surface area contributed by atoms with Crippen molar-refractivity contribution >= 4 is 23.4 Å². The SMILES string of the molecule is C[C@@H](O)c1ccc(OCCSc2ccccc2)c(Cl)c1. The summed E-state index contributed by atoms with van der Waals surface area (Å²) in [6.45, 7) is 2.30. The van der Waals surface area contributed by atoms with Gasteiger partial charge in [-0.2, -0.15) is 0 Å². The average Bonchev–Trinajstić information content (AvgIpc) is 2.46. The van der Waals surface area contributed by atoms with E-state index in [4.69, 9.17) is 16.3 Å². The molecule has 0 aliphatic rings. The topological polar surface area (TPSA) is 29.5 Å². The van der Waals surface area contributed by atoms with Gasteiger partial charge in [-0.05, 0) is 36.8 Å². The van der Waals surface area contributed by atoms with E-state index in [0.29, 0.717) is 17.4 Å². The Kier molecular flexibility index (Phi) is 5.77. The summed E-state index contributed by atoms with van der Waals surface area (Å²) in [6, 6.07) is 15.6. The molecule has 2 nitrogen and oxygen atoms in total. The second-order valence-electron chi connectivity index (χ2n) is 4.38. The van der Waals surface area contributed by atoms with Crippen molar-refractivity contribution in [2.75, 3.05) is 12.4 Å². The molecule has 0 saturated carbocycles. The van der Waals surface area contributed by atoms with E-state index in [2.05, 4.69) is 12.1 Å². The minimum absolute atomic E-state index is 0.518. The van der Waals surface area contributed by atoms with Crippen LogP contribution < -0.4 is 4.74 Å². The zero-order valence-electron chi connectivity index (χ0n) is 11.3. The Morgan fingerprint density at radius 3 is 2.60 bits per heavy atom. The van der Waals surface area contributed by atoms with Crippen LogP contribution in [0.3, 0.4) is 0 Å². The van der Waals surface area contributed by atoms with Crippen molar-refractivity contribution < 1.29 is 9.84 Å². The van der Waals surface area contributed by atoms with Gasteiger partial charge in [-0.25, -0.2) is 0 Å². The number of ether oxygens (including phenoxy) is 1. The van der Waals surface area contributed by atoms with Crippen LogP contribution in [0.2, 0.25) is 5.02 Å². The Balaban J connectivity index is 1.82. The van der Waals surface area contributed by atoms with Gasteiger partial charge < -0.3 is 9.84 Å². The minimum Gasteiger partial charge on any atom is -0.491 e. The largest absolute Gasteiger partial charge is 0.491 e. The summed E-state index contributed by atoms with van der Waals surface area (Å²) < 4.78 is 5.66. The highest BCUT2D eigenvalue weighted by molar-refractivity contribution is 7.99. The molecular formula is C16H17ClO2S. The number of thioether (sulfide) groups is 1. The van der Waals surface area contributed by atoms with Crippen molar-refractivity contribution in [3.8, 4) is 5.75 Å². The van der Waals surface area contributed by atoms with Gasteiger partial charge in [0.15, 0.2) is 0 Å². The normalized spacial score (nSPS) is 12.2. The van der Waals surface area contributed by atoms with Crippen LogP contribution in [0.4, 0.5) is 0 Å². The molecule has 0 unspecified atom stereocenters. The van der Waals surface area contributed by atoms with Crippen molar-refractivity contribution in [3.05, 3.63) is 59.1 Å². The van der Waals surface area contributed by atoms with E-state index in [0.717, 1.165) is 11.3 Å². The molecule has 2 aromatic carbocycles. The van der Waals surface area contributed by atoms with Gasteiger partial charge >= 0.3 is 0 Å². The fraction of sp³-hybridized carbons (Fsp3) is 0.250. The molecule has 0 aliphatic heterocycles. The minimum atomic E-state index is -0.518. The van der Waals surface area contributed by atoms with Crippen LogP contribution in [0, 0.1) is 0 Å². The molecular weight excluding hydrogens is 292 g/mol. The maximum Gasteiger partial charge on any atom is 0.137 e. The Labute approximate surface area is 128 Å². The Morgan fingerprint density at radius 1 is 1.20 bits per heavy atom. The second kappa shape index (κ2) is 7.58. The second-order valence-corrected chi connectivity index (χ2v) is 5.95. The summed E-state index contributed by atoms with van der Waals surface area (Å²) in [7, 11) is 0. The monoisotopic (exact) mass is 308 g/mol. The van der Waals surface area contributed by atoms with Crippen molar-refractivity contribution in [1.82, 2.24) is 0 Å². The zero-order valence-corrected chi connectivity index (χ0v) is 12.8. The third kappa shape index (κ3) is 4.44. The molecule has 20 heavy (non-hydrogen) atoms. The number of halogens is 1. The molecule has 1 N–H and O–H groups in total. The number of hydrogen-bond acceptors (Lipinski definition) is 3. The molecule has 0 saturated heterocycles. The van der Waals surface area contributed by atoms with E-state index >= 15 is 0 Å². The van der Waals surface area contributed by atoms with Gasteiger partial charge in [-0.15, -0.1) is 11.8 Å². The molecule has 0 radical (unpaired) electrons. The summed E-state index contributed by atoms with van der Waals surface area (Å²) in [5.74, 6) is 1.52. The van der Waals surface area contributed by atoms with Gasteiger partial charge in [0.1, 0.15) is 5.75 Å². The third-order valence-electron chi connectivity index (χ3n) is 2.79. The molecule has 0 bridgehead atoms. The maximum absolute atomic E-state index is 9.48. The number of aliphatic hydroxyl groups is 1. The van der Waals surface area contributed by atoms with Gasteiger partial charge in [-0.3, -0.25) is 0 Å². The first-order valence-corrected chi connectivity index (χ1v) is 7.81. The maximum atomic E-state index is 9.48. The fourth-order valence-corrected chi connectivity index (χ4v) is 2.72. The Hall–Kier alpha value is -1.16. The van der Waals surface area contributed by atoms with E-state index in [1.165, 1.54) is 4.90 Å². The lowest BCUT2D eigenvalue weighted by atomic mass is 10.1. The number of rotatable bonds is 6. The van der Waals surface area contributed by atoms with Crippen LogP contribution in [-0.2, 0) is 0 Å². The van der Waals surface area contributed by atoms with E-state index in [-0.39, 0.29) is 0 Å². The molecule has 0 amide bonds. The van der Waals surface area contributed by atoms with Crippen molar-refractivity contribution in [2.24, 2.45) is 0 Å². The lowest BCUT2D eigenvalue weighted by Gasteiger charge is -2.10. The highest BCUT2D eigenvalue weighted by atomic mass is 35.5. The number of hydrogen-bond donors (Lipinski definition) is 1. The summed E-state index contributed by atoms with van der Waals surface area (Å²) in [4.78, 5) is 1.23. The quantitative estimate of drug-likeness (QED) is 0.626. The Morgan fingerprint density at radius 2 is 1.95 bits per heavy atom. The van der Waals surface area contributed by atoms with E-state index in [1.54, 1.807) is 30.8 Å². The number of aliphatic hydroxyl groups excluding tert-OH is 1. The lowest BCUT2D eigenvalue weighted by Crippen LogP contribution is -2.01. The Bertz CT molecular complexity index is 543. The van der Waals surface area contributed by atoms with Gasteiger partial charge in [0.2, 0.25) is 0 Å². The molecule has 1 atom stereocenters. The third-order valence-corrected chi connectivity index (χ3v) is 4.06. The summed E-state index contributed by atoms with van der Waals surface area (Å²) in [5.41, 5.74) is 0.793. The fourth-order valence-electron chi connectivity index (χ4n) is 1.72. The average molecular weight is 309 g/mol. The van der Waals surface area contributed by atoms with Crippen LogP contribution in [0.25, 0.3) is 0 Å². The van der Waals surface area contributed by atoms with Gasteiger partial charge in [-0.1, -0.05) is 35.9 Å². The molecule has 0 spiro atoms. The summed E-state index contributed by atoms with van der Waals surface area (Å²) in [6.07, 6.45) is -0.518. The smallest absolute Gasteiger partial charge is 0.137 e. The molecule has 0 heterocycles. The van der Waals surface area contributed by atoms with Crippen LogP contribution in [-0.4, -0.2) is 17.5 Å². The molecule has 0 aromatic heterocycles. The highest BCUT2D eigenvalue weighted by Gasteiger charge is 2.06. The van der Waals surface area contributed by atoms with Crippen molar-refractivity contribution in [3.63, 3.8) is 0 Å². The molecule has 2 aromatic rings. The molecule has 2 rings (SSSR count). The lowest BCUT2D eigenvalue weighted by molar-refractivity contribution is 0.199. The summed E-state index contributed by atoms with van der Waals surface area (Å²) in [5, 5.41) is 10.0. The summed E-state index contributed by atoms with van der Waals surface area (Å²) >= 11 is 7.87. The van der Waals surface area contributed by atoms with Crippen molar-refractivity contribution in [1.29, 1.82) is 0 Å². The predicted octanol–water partition coefficient (Wildman–Crippen LogP) is 4.56. The van der Waals surface area contributed by atoms with Crippen LogP contribution in [0.1, 0.15) is 18.6 Å². The molecule has 106 valence electrons. The predicted molar refractivity (Wildman–Crippen MR) is 84.7 cm³/mol. The van der Waals surface area contributed by atoms with E-state index in [1.807, 2.05) is 24.3 Å². The van der Waals surface area contributed by atoms with Gasteiger partial charge in [0.25, 0.3) is 0 Å². The van der Waals surface area contributed by atoms with Gasteiger partial charge in [0, 0.05) is 10.6 Å². The van der Waals surface area contributed by atoms with Crippen LogP contribution in [0.5, 0.6) is 5.75 Å². The molecule has 0 fully saturated rings.